The van der Waals surface area contributed by atoms with E-state index >= 15 is 0 Å². The van der Waals surface area contributed by atoms with Crippen molar-refractivity contribution in [1.82, 2.24) is 4.72 Å². The van der Waals surface area contributed by atoms with Gasteiger partial charge in [-0.3, -0.25) is 0 Å². The molecule has 0 fully saturated rings. The van der Waals surface area contributed by atoms with Crippen LogP contribution in [0.15, 0.2) is 52.9 Å². The summed E-state index contributed by atoms with van der Waals surface area (Å²) < 4.78 is 77.1. The van der Waals surface area contributed by atoms with Gasteiger partial charge in [0.05, 0.1) is 36.3 Å². The van der Waals surface area contributed by atoms with Gasteiger partial charge in [0.2, 0.25) is 10.0 Å². The van der Waals surface area contributed by atoms with E-state index < -0.39 is 33.8 Å². The number of sulfonamides is 1. The Hall–Kier alpha value is -2.85. The van der Waals surface area contributed by atoms with Crippen LogP contribution in [-0.2, 0) is 25.7 Å². The third-order valence-corrected chi connectivity index (χ3v) is 5.89. The standard InChI is InChI=1S/C19H16F3NO5S/c1-27-14-6-3-11(4-7-14)17-15(18(24)28-2)10-12-9-13(19(20,21)22)5-8-16(12)29(25,26)23-17/h3-10,17,23H,1-2H3. The summed E-state index contributed by atoms with van der Waals surface area (Å²) in [5.74, 6) is -0.370. The van der Waals surface area contributed by atoms with E-state index in [2.05, 4.69) is 4.72 Å². The van der Waals surface area contributed by atoms with E-state index in [1.165, 1.54) is 7.11 Å². The highest BCUT2D eigenvalue weighted by atomic mass is 32.2. The Kier molecular flexibility index (Phi) is 5.42. The molecule has 0 amide bonds. The monoisotopic (exact) mass is 427 g/mol. The number of nitrogens with one attached hydrogen (secondary N) is 1. The highest BCUT2D eigenvalue weighted by Crippen LogP contribution is 2.36. The lowest BCUT2D eigenvalue weighted by atomic mass is 9.97. The summed E-state index contributed by atoms with van der Waals surface area (Å²) in [5.41, 5.74) is -1.06. The Bertz CT molecular complexity index is 1080. The second-order valence-electron chi connectivity index (χ2n) is 6.17. The molecule has 0 bridgehead atoms. The van der Waals surface area contributed by atoms with Crippen molar-refractivity contribution in [2.24, 2.45) is 0 Å². The zero-order valence-electron chi connectivity index (χ0n) is 15.3. The third kappa shape index (κ3) is 4.13. The largest absolute Gasteiger partial charge is 0.497 e. The fourth-order valence-corrected chi connectivity index (χ4v) is 4.33. The number of halogens is 3. The predicted molar refractivity (Wildman–Crippen MR) is 97.5 cm³/mol. The van der Waals surface area contributed by atoms with E-state index in [1.807, 2.05) is 0 Å². The number of esters is 1. The molecule has 6 nitrogen and oxygen atoms in total. The van der Waals surface area contributed by atoms with Gasteiger partial charge in [0.1, 0.15) is 5.75 Å². The van der Waals surface area contributed by atoms with Gasteiger partial charge in [0.25, 0.3) is 0 Å². The van der Waals surface area contributed by atoms with Crippen molar-refractivity contribution < 1.29 is 35.9 Å². The first-order valence-electron chi connectivity index (χ1n) is 8.24. The first kappa shape index (κ1) is 20.9. The molecule has 1 aliphatic rings. The van der Waals surface area contributed by atoms with E-state index in [-0.39, 0.29) is 16.0 Å². The zero-order chi connectivity index (χ0) is 21.4. The minimum Gasteiger partial charge on any atom is -0.497 e. The van der Waals surface area contributed by atoms with Gasteiger partial charge in [-0.25, -0.2) is 13.2 Å². The summed E-state index contributed by atoms with van der Waals surface area (Å²) in [6.07, 6.45) is -3.57. The van der Waals surface area contributed by atoms with Gasteiger partial charge in [-0.15, -0.1) is 0 Å². The van der Waals surface area contributed by atoms with Crippen molar-refractivity contribution in [3.63, 3.8) is 0 Å². The molecule has 2 aromatic carbocycles. The Balaban J connectivity index is 2.22. The highest BCUT2D eigenvalue weighted by molar-refractivity contribution is 7.89. The maximum absolute atomic E-state index is 13.1. The normalized spacial score (nSPS) is 18.2. The van der Waals surface area contributed by atoms with E-state index in [0.29, 0.717) is 23.4 Å². The lowest BCUT2D eigenvalue weighted by Gasteiger charge is -2.19. The summed E-state index contributed by atoms with van der Waals surface area (Å²) in [6.45, 7) is 0. The SMILES string of the molecule is COC(=O)C1=Cc2cc(C(F)(F)F)ccc2S(=O)(=O)NC1c1ccc(OC)cc1. The summed E-state index contributed by atoms with van der Waals surface area (Å²) >= 11 is 0. The number of rotatable bonds is 3. The fourth-order valence-electron chi connectivity index (χ4n) is 2.95. The average molecular weight is 427 g/mol. The molecule has 1 heterocycles. The van der Waals surface area contributed by atoms with Crippen LogP contribution >= 0.6 is 0 Å². The molecule has 1 atom stereocenters. The van der Waals surface area contributed by atoms with Gasteiger partial charge in [0.15, 0.2) is 0 Å². The lowest BCUT2D eigenvalue weighted by molar-refractivity contribution is -0.138. The van der Waals surface area contributed by atoms with E-state index in [0.717, 1.165) is 19.3 Å². The molecular weight excluding hydrogens is 411 g/mol. The number of carbonyl (C=O) groups is 1. The number of hydrogen-bond donors (Lipinski definition) is 1. The van der Waals surface area contributed by atoms with Crippen LogP contribution in [0.1, 0.15) is 22.7 Å². The Labute approximate surface area is 165 Å². The van der Waals surface area contributed by atoms with Crippen molar-refractivity contribution in [1.29, 1.82) is 0 Å². The number of alkyl halides is 3. The molecule has 2 aromatic rings. The number of methoxy groups -OCH3 is 2. The van der Waals surface area contributed by atoms with E-state index in [4.69, 9.17) is 9.47 Å². The van der Waals surface area contributed by atoms with Crippen LogP contribution in [-0.4, -0.2) is 28.6 Å². The van der Waals surface area contributed by atoms with Gasteiger partial charge in [0, 0.05) is 0 Å². The van der Waals surface area contributed by atoms with Gasteiger partial charge < -0.3 is 9.47 Å². The number of benzene rings is 2. The second kappa shape index (κ2) is 7.53. The Morgan fingerprint density at radius 3 is 2.28 bits per heavy atom. The minimum atomic E-state index is -4.67. The van der Waals surface area contributed by atoms with E-state index in [9.17, 15) is 26.4 Å². The molecular formula is C19H16F3NO5S. The molecule has 0 radical (unpaired) electrons. The van der Waals surface area contributed by atoms with Crippen molar-refractivity contribution >= 4 is 22.1 Å². The maximum Gasteiger partial charge on any atom is 0.416 e. The van der Waals surface area contributed by atoms with Gasteiger partial charge in [-0.2, -0.15) is 17.9 Å². The zero-order valence-corrected chi connectivity index (χ0v) is 16.1. The maximum atomic E-state index is 13.1. The first-order valence-corrected chi connectivity index (χ1v) is 9.72. The quantitative estimate of drug-likeness (QED) is 0.761. The van der Waals surface area contributed by atoms with E-state index in [1.54, 1.807) is 24.3 Å². The van der Waals surface area contributed by atoms with Gasteiger partial charge in [-0.05, 0) is 47.5 Å². The fraction of sp³-hybridized carbons (Fsp3) is 0.211. The molecule has 0 saturated carbocycles. The molecule has 154 valence electrons. The van der Waals surface area contributed by atoms with Crippen molar-refractivity contribution in [3.8, 4) is 5.75 Å². The Morgan fingerprint density at radius 2 is 1.72 bits per heavy atom. The smallest absolute Gasteiger partial charge is 0.416 e. The molecule has 0 aromatic heterocycles. The molecule has 0 aliphatic carbocycles. The number of carbonyl (C=O) groups excluding carboxylic acids is 1. The first-order chi connectivity index (χ1) is 13.6. The topological polar surface area (TPSA) is 81.7 Å². The van der Waals surface area contributed by atoms with Crippen LogP contribution in [0.5, 0.6) is 5.75 Å². The van der Waals surface area contributed by atoms with Gasteiger partial charge >= 0.3 is 12.1 Å². The van der Waals surface area contributed by atoms with Crippen LogP contribution in [0.25, 0.3) is 6.08 Å². The molecule has 1 unspecified atom stereocenters. The van der Waals surface area contributed by atoms with Crippen LogP contribution in [0.2, 0.25) is 0 Å². The van der Waals surface area contributed by atoms with Crippen LogP contribution in [0, 0.1) is 0 Å². The molecule has 1 N–H and O–H groups in total. The minimum absolute atomic E-state index is 0.153. The number of hydrogen-bond acceptors (Lipinski definition) is 5. The Morgan fingerprint density at radius 1 is 1.07 bits per heavy atom. The summed E-state index contributed by atoms with van der Waals surface area (Å²) in [4.78, 5) is 12.0. The van der Waals surface area contributed by atoms with Crippen LogP contribution in [0.4, 0.5) is 13.2 Å². The summed E-state index contributed by atoms with van der Waals surface area (Å²) in [5, 5.41) is 0. The van der Waals surface area contributed by atoms with Crippen LogP contribution < -0.4 is 9.46 Å². The van der Waals surface area contributed by atoms with Crippen molar-refractivity contribution in [2.75, 3.05) is 14.2 Å². The highest BCUT2D eigenvalue weighted by Gasteiger charge is 2.36. The third-order valence-electron chi connectivity index (χ3n) is 4.39. The molecule has 29 heavy (non-hydrogen) atoms. The molecule has 3 rings (SSSR count). The lowest BCUT2D eigenvalue weighted by Crippen LogP contribution is -2.31. The molecule has 0 spiro atoms. The average Bonchev–Trinajstić information content (AvgIpc) is 2.80. The van der Waals surface area contributed by atoms with Gasteiger partial charge in [-0.1, -0.05) is 12.1 Å². The molecule has 10 heteroatoms. The van der Waals surface area contributed by atoms with Crippen molar-refractivity contribution in [2.45, 2.75) is 17.1 Å². The summed E-state index contributed by atoms with van der Waals surface area (Å²) in [7, 11) is -1.68. The summed E-state index contributed by atoms with van der Waals surface area (Å²) in [6, 6.07) is 7.28. The predicted octanol–water partition coefficient (Wildman–Crippen LogP) is 3.30. The molecule has 1 aliphatic heterocycles. The number of ether oxygens (including phenoxy) is 2. The second-order valence-corrected chi connectivity index (χ2v) is 7.85. The molecule has 0 saturated heterocycles. The number of fused-ring (bicyclic) bond motifs is 1. The van der Waals surface area contributed by atoms with Crippen LogP contribution in [0.3, 0.4) is 0 Å². The van der Waals surface area contributed by atoms with Crippen molar-refractivity contribution in [3.05, 3.63) is 64.7 Å².